The first-order valence-electron chi connectivity index (χ1n) is 36.0. The average molecular weight is 1290 g/mol. The third kappa shape index (κ3) is 14.6. The van der Waals surface area contributed by atoms with Gasteiger partial charge in [0, 0.05) is 55.1 Å². The van der Waals surface area contributed by atoms with E-state index in [1.807, 2.05) is 0 Å². The summed E-state index contributed by atoms with van der Waals surface area (Å²) in [6, 6.07) is 9.38. The lowest BCUT2D eigenvalue weighted by Gasteiger charge is -2.57. The van der Waals surface area contributed by atoms with Gasteiger partial charge in [0.25, 0.3) is 11.8 Å². The maximum Gasteiger partial charge on any atom is 0.260 e. The molecule has 12 fully saturated rings. The number of nitrogens with one attached hydrogen (secondary N) is 3. The van der Waals surface area contributed by atoms with E-state index in [-0.39, 0.29) is 67.4 Å². The maximum atomic E-state index is 12.4. The molecule has 7 N–H and O–H groups in total. The molecule has 516 valence electrons. The Bertz CT molecular complexity index is 2930. The summed E-state index contributed by atoms with van der Waals surface area (Å²) in [6.07, 6.45) is 29.4. The highest BCUT2D eigenvalue weighted by molar-refractivity contribution is 5.93. The highest BCUT2D eigenvalue weighted by atomic mass is 16.6. The van der Waals surface area contributed by atoms with Crippen LogP contribution in [0.5, 0.6) is 11.5 Å². The molecule has 2 aromatic rings. The second-order valence-electron chi connectivity index (χ2n) is 31.4. The third-order valence-electron chi connectivity index (χ3n) is 25.9. The number of carbonyl (C=O) groups is 3. The number of fused-ring (bicyclic) bond motifs is 10. The molecule has 12 saturated carbocycles. The van der Waals surface area contributed by atoms with Crippen molar-refractivity contribution < 1.29 is 53.2 Å². The number of nitrogens with two attached hydrogens (primary N) is 1. The van der Waals surface area contributed by atoms with E-state index >= 15 is 0 Å². The number of phenolic OH excluding ortho intramolecular Hbond substituents is 2. The number of hydrogen-bond acceptors (Lipinski definition) is 14. The number of aryl methyl sites for hydroxylation is 2. The summed E-state index contributed by atoms with van der Waals surface area (Å²) < 4.78 is 21.6. The summed E-state index contributed by atoms with van der Waals surface area (Å²) in [5.74, 6) is 9.51. The highest BCUT2D eigenvalue weighted by Gasteiger charge is 2.58. The van der Waals surface area contributed by atoms with Crippen molar-refractivity contribution in [1.82, 2.24) is 16.0 Å². The number of amides is 3. The zero-order valence-electron chi connectivity index (χ0n) is 55.1. The topological polar surface area (TPSA) is 234 Å². The molecule has 17 heteroatoms. The summed E-state index contributed by atoms with van der Waals surface area (Å²) in [6.45, 7) is 11.6. The minimum atomic E-state index is -0.199. The zero-order valence-corrected chi connectivity index (χ0v) is 55.1. The van der Waals surface area contributed by atoms with Crippen molar-refractivity contribution in [2.75, 3.05) is 92.2 Å². The standard InChI is InChI=1S/C38H55N3O6.C36H53N3O5.2CH4/c1-24(42)39-9-11-45-13-14-46-12-10-40-36(44)23-47-41-35-6-5-32-30-4-3-28-18-34(43)33(19-31(28)29(30)7-8-37(32,35)2)38-20-25-15-26(21-38)17-27(16-25)22-38;1-35-7-6-27-28(30(35)4-5-33(35)39-44-22-34(41)38-9-11-43-13-12-42-10-8-37)3-2-26-17-32(40)31(18-29(26)27)36-19-23-14-24(20-36)16-25(15-23)21-36;;/h18-19,25-27,29-30,32,43H,3-17,20-23H2,1-2H3,(H,39,42)(H,40,44);17-18,23-25,27-28,30,40H,2-16,19-22,37H2,1H3,(H,38,41);2*1H4/b41-35+;39-33+;;/t25?,26?,27?,29?,30?,32?,37-,38?;23?,24?,25?,27?,28?,30?,35-,36?;;/m00../s1. The number of rotatable bonds is 25. The molecule has 0 aliphatic heterocycles. The van der Waals surface area contributed by atoms with Crippen LogP contribution in [0.1, 0.15) is 222 Å². The van der Waals surface area contributed by atoms with Gasteiger partial charge in [-0.3, -0.25) is 14.4 Å². The average Bonchev–Trinajstić information content (AvgIpc) is 1.46. The van der Waals surface area contributed by atoms with Gasteiger partial charge in [0.1, 0.15) is 11.5 Å². The van der Waals surface area contributed by atoms with Gasteiger partial charge in [0.05, 0.1) is 64.3 Å². The van der Waals surface area contributed by atoms with Crippen molar-refractivity contribution >= 4 is 29.1 Å². The van der Waals surface area contributed by atoms with Crippen LogP contribution < -0.4 is 21.7 Å². The SMILES string of the molecule is C.C.CC(=O)NCCOCCOCCNC(=O)CO/N=C1\CCC2C3CCc4cc(O)c(C56CC7CC(CC(C7)C5)C6)cc4C3CC[C@]12C.C[C@]12CCC3c4cc(C56CC7CC(CC(C7)C5)C6)c(O)cc4CCC3C1CC/C2=N\OCC(=O)NCCOCCOCCN. The van der Waals surface area contributed by atoms with E-state index in [4.69, 9.17) is 34.4 Å². The van der Waals surface area contributed by atoms with E-state index in [1.165, 1.54) is 119 Å². The van der Waals surface area contributed by atoms with Crippen LogP contribution in [-0.2, 0) is 66.7 Å². The molecular formula is C76H116N6O11. The van der Waals surface area contributed by atoms with Gasteiger partial charge in [-0.15, -0.1) is 0 Å². The van der Waals surface area contributed by atoms with Crippen LogP contribution in [0.25, 0.3) is 0 Å². The molecule has 0 saturated heterocycles. The van der Waals surface area contributed by atoms with E-state index in [0.29, 0.717) is 126 Å². The number of phenols is 2. The van der Waals surface area contributed by atoms with Gasteiger partial charge in [0.15, 0.2) is 13.2 Å². The second kappa shape index (κ2) is 29.9. The number of aromatic hydroxyl groups is 2. The van der Waals surface area contributed by atoms with Gasteiger partial charge >= 0.3 is 0 Å². The van der Waals surface area contributed by atoms with Crippen molar-refractivity contribution in [3.05, 3.63) is 57.6 Å². The van der Waals surface area contributed by atoms with Gasteiger partial charge in [0.2, 0.25) is 5.91 Å². The van der Waals surface area contributed by atoms with Crippen molar-refractivity contribution in [3.8, 4) is 11.5 Å². The largest absolute Gasteiger partial charge is 0.508 e. The Morgan fingerprint density at radius 3 is 1.24 bits per heavy atom. The quantitative estimate of drug-likeness (QED) is 0.0402. The number of oxime groups is 2. The lowest BCUT2D eigenvalue weighted by Crippen LogP contribution is -2.48. The van der Waals surface area contributed by atoms with E-state index in [0.717, 1.165) is 111 Å². The van der Waals surface area contributed by atoms with Gasteiger partial charge in [-0.2, -0.15) is 0 Å². The predicted molar refractivity (Wildman–Crippen MR) is 362 cm³/mol. The Balaban J connectivity index is 0.000000186. The summed E-state index contributed by atoms with van der Waals surface area (Å²) in [4.78, 5) is 46.8. The van der Waals surface area contributed by atoms with Gasteiger partial charge in [-0.25, -0.2) is 0 Å². The lowest BCUT2D eigenvalue weighted by atomic mass is 9.47. The molecule has 0 spiro atoms. The van der Waals surface area contributed by atoms with E-state index in [1.54, 1.807) is 11.1 Å². The monoisotopic (exact) mass is 1290 g/mol. The Labute approximate surface area is 555 Å². The first-order valence-corrected chi connectivity index (χ1v) is 36.0. The van der Waals surface area contributed by atoms with Crippen LogP contribution in [-0.4, -0.2) is 132 Å². The Hall–Kier alpha value is -4.81. The minimum absolute atomic E-state index is 0. The van der Waals surface area contributed by atoms with Crippen molar-refractivity contribution in [1.29, 1.82) is 0 Å². The Morgan fingerprint density at radius 2 is 0.871 bits per heavy atom. The number of ether oxygens (including phenoxy) is 4. The van der Waals surface area contributed by atoms with Gasteiger partial charge in [-0.1, -0.05) is 51.1 Å². The molecule has 8 bridgehead atoms. The summed E-state index contributed by atoms with van der Waals surface area (Å²) in [7, 11) is 0. The Kier molecular flexibility index (Phi) is 22.4. The normalized spacial score (nSPS) is 35.7. The van der Waals surface area contributed by atoms with Crippen molar-refractivity contribution in [2.45, 2.75) is 212 Å². The maximum absolute atomic E-state index is 12.4. The molecule has 8 atom stereocenters. The van der Waals surface area contributed by atoms with Crippen molar-refractivity contribution in [3.63, 3.8) is 0 Å². The Morgan fingerprint density at radius 1 is 0.505 bits per heavy atom. The number of carbonyl (C=O) groups excluding carboxylic acids is 3. The van der Waals surface area contributed by atoms with E-state index in [9.17, 15) is 24.6 Å². The fraction of sp³-hybridized carbons (Fsp3) is 0.776. The molecule has 93 heavy (non-hydrogen) atoms. The molecule has 0 aromatic heterocycles. The zero-order chi connectivity index (χ0) is 62.9. The van der Waals surface area contributed by atoms with E-state index in [2.05, 4.69) is 64.4 Å². The molecule has 3 amide bonds. The van der Waals surface area contributed by atoms with Crippen LogP contribution >= 0.6 is 0 Å². The first kappa shape index (κ1) is 69.5. The molecule has 16 rings (SSSR count). The molecular weight excluding hydrogens is 1170 g/mol. The highest BCUT2D eigenvalue weighted by Crippen LogP contribution is 2.67. The van der Waals surface area contributed by atoms with E-state index < -0.39 is 0 Å². The summed E-state index contributed by atoms with van der Waals surface area (Å²) >= 11 is 0. The predicted octanol–water partition coefficient (Wildman–Crippen LogP) is 11.8. The third-order valence-corrected chi connectivity index (χ3v) is 25.9. The summed E-state index contributed by atoms with van der Waals surface area (Å²) in [5.41, 5.74) is 16.6. The first-order chi connectivity index (χ1) is 44.1. The van der Waals surface area contributed by atoms with Gasteiger partial charge in [-0.05, 0) is 270 Å². The van der Waals surface area contributed by atoms with Crippen LogP contribution in [0.3, 0.4) is 0 Å². The van der Waals surface area contributed by atoms with Crippen LogP contribution in [0, 0.1) is 70.0 Å². The number of hydrogen-bond donors (Lipinski definition) is 6. The minimum Gasteiger partial charge on any atom is -0.508 e. The smallest absolute Gasteiger partial charge is 0.260 e. The van der Waals surface area contributed by atoms with Crippen LogP contribution in [0.15, 0.2) is 34.6 Å². The van der Waals surface area contributed by atoms with Crippen molar-refractivity contribution in [2.24, 2.45) is 86.1 Å². The molecule has 6 unspecified atom stereocenters. The number of benzene rings is 2. The fourth-order valence-corrected chi connectivity index (χ4v) is 22.8. The molecule has 17 nitrogen and oxygen atoms in total. The second-order valence-corrected chi connectivity index (χ2v) is 31.4. The summed E-state index contributed by atoms with van der Waals surface area (Å²) in [5, 5.41) is 40.3. The van der Waals surface area contributed by atoms with Crippen LogP contribution in [0.4, 0.5) is 0 Å². The molecule has 2 aromatic carbocycles. The van der Waals surface area contributed by atoms with Crippen LogP contribution in [0.2, 0.25) is 0 Å². The molecule has 14 aliphatic rings. The molecule has 0 heterocycles. The number of nitrogens with zero attached hydrogens (tertiary/aromatic N) is 2. The fourth-order valence-electron chi connectivity index (χ4n) is 22.8. The van der Waals surface area contributed by atoms with Gasteiger partial charge < -0.3 is 60.5 Å². The lowest BCUT2D eigenvalue weighted by molar-refractivity contribution is -0.126. The molecule has 0 radical (unpaired) electrons. The molecule has 14 aliphatic carbocycles.